The number of piperidine rings is 1. The Bertz CT molecular complexity index is 818. The topological polar surface area (TPSA) is 52.2 Å². The lowest BCUT2D eigenvalue weighted by molar-refractivity contribution is -0.141. The first-order chi connectivity index (χ1) is 13.0. The molecule has 0 radical (unpaired) electrons. The maximum atomic E-state index is 13.7. The molecule has 2 aliphatic heterocycles. The largest absolute Gasteiger partial charge is 0.348 e. The summed E-state index contributed by atoms with van der Waals surface area (Å²) in [6.45, 7) is 7.09. The summed E-state index contributed by atoms with van der Waals surface area (Å²) in [5, 5.41) is 0. The maximum Gasteiger partial charge on any atom is 0.223 e. The Labute approximate surface area is 159 Å². The van der Waals surface area contributed by atoms with Crippen LogP contribution in [0.15, 0.2) is 24.5 Å². The normalized spacial score (nSPS) is 19.3. The van der Waals surface area contributed by atoms with Gasteiger partial charge in [-0.05, 0) is 43.0 Å². The number of imidazole rings is 1. The Morgan fingerprint density at radius 1 is 1.26 bits per heavy atom. The minimum atomic E-state index is -0.297. The second-order valence-electron chi connectivity index (χ2n) is 7.82. The van der Waals surface area contributed by atoms with Crippen LogP contribution in [-0.2, 0) is 23.3 Å². The van der Waals surface area contributed by atoms with E-state index in [0.717, 1.165) is 62.3 Å². The average molecular weight is 370 g/mol. The number of nitrogens with zero attached hydrogens (tertiary/aromatic N) is 3. The molecule has 1 N–H and O–H groups in total. The molecule has 4 rings (SSSR count). The maximum absolute atomic E-state index is 13.7. The fourth-order valence-electron chi connectivity index (χ4n) is 4.78. The standard InChI is InChI=1S/C21H27FN4O/c1-3-19(27)26-7-4-18-20(24-14-23-18)21(26)5-8-25(9-6-21)13-16-10-15(2)11-17(22)12-16/h10-12,14H,3-9,13H2,1-2H3,(H,23,24). The summed E-state index contributed by atoms with van der Waals surface area (Å²) >= 11 is 0. The van der Waals surface area contributed by atoms with Crippen molar-refractivity contribution < 1.29 is 9.18 Å². The highest BCUT2D eigenvalue weighted by molar-refractivity contribution is 5.77. The van der Waals surface area contributed by atoms with Crippen LogP contribution in [0.5, 0.6) is 0 Å². The van der Waals surface area contributed by atoms with Gasteiger partial charge < -0.3 is 9.88 Å². The van der Waals surface area contributed by atoms with Crippen molar-refractivity contribution in [2.75, 3.05) is 19.6 Å². The molecule has 0 aliphatic carbocycles. The van der Waals surface area contributed by atoms with Crippen LogP contribution in [0.1, 0.15) is 48.7 Å². The van der Waals surface area contributed by atoms with Gasteiger partial charge in [0.1, 0.15) is 5.82 Å². The molecule has 5 nitrogen and oxygen atoms in total. The van der Waals surface area contributed by atoms with Gasteiger partial charge in [0.25, 0.3) is 0 Å². The summed E-state index contributed by atoms with van der Waals surface area (Å²) in [6, 6.07) is 5.23. The van der Waals surface area contributed by atoms with Gasteiger partial charge in [-0.2, -0.15) is 0 Å². The number of benzene rings is 1. The number of likely N-dealkylation sites (tertiary alicyclic amines) is 1. The van der Waals surface area contributed by atoms with Crippen LogP contribution < -0.4 is 0 Å². The van der Waals surface area contributed by atoms with Crippen molar-refractivity contribution in [2.45, 2.75) is 51.6 Å². The molecular formula is C21H27FN4O. The van der Waals surface area contributed by atoms with Crippen molar-refractivity contribution in [3.8, 4) is 0 Å². The van der Waals surface area contributed by atoms with Crippen molar-refractivity contribution in [1.29, 1.82) is 0 Å². The summed E-state index contributed by atoms with van der Waals surface area (Å²) < 4.78 is 13.7. The fraction of sp³-hybridized carbons (Fsp3) is 0.524. The van der Waals surface area contributed by atoms with Gasteiger partial charge in [-0.1, -0.05) is 13.0 Å². The first-order valence-electron chi connectivity index (χ1n) is 9.83. The number of rotatable bonds is 3. The van der Waals surface area contributed by atoms with E-state index in [1.165, 1.54) is 5.69 Å². The Morgan fingerprint density at radius 3 is 2.74 bits per heavy atom. The lowest BCUT2D eigenvalue weighted by Gasteiger charge is -2.50. The number of aromatic amines is 1. The summed E-state index contributed by atoms with van der Waals surface area (Å²) in [5.41, 5.74) is 3.89. The molecule has 0 saturated carbocycles. The number of amides is 1. The monoisotopic (exact) mass is 370 g/mol. The SMILES string of the molecule is CCC(=O)N1CCc2[nH]cnc2C12CCN(Cc1cc(C)cc(F)c1)CC2. The fourth-order valence-corrected chi connectivity index (χ4v) is 4.78. The van der Waals surface area contributed by atoms with Gasteiger partial charge in [-0.3, -0.25) is 9.69 Å². The summed E-state index contributed by atoms with van der Waals surface area (Å²) in [7, 11) is 0. The van der Waals surface area contributed by atoms with Crippen LogP contribution in [0.2, 0.25) is 0 Å². The molecule has 2 aromatic rings. The van der Waals surface area contributed by atoms with Crippen LogP contribution in [-0.4, -0.2) is 45.3 Å². The number of H-pyrrole nitrogens is 1. The van der Waals surface area contributed by atoms with Gasteiger partial charge in [0.2, 0.25) is 5.91 Å². The zero-order valence-corrected chi connectivity index (χ0v) is 16.1. The molecular weight excluding hydrogens is 343 g/mol. The molecule has 144 valence electrons. The second-order valence-corrected chi connectivity index (χ2v) is 7.82. The predicted molar refractivity (Wildman–Crippen MR) is 102 cm³/mol. The molecule has 0 unspecified atom stereocenters. The van der Waals surface area contributed by atoms with Crippen molar-refractivity contribution in [1.82, 2.24) is 19.8 Å². The molecule has 3 heterocycles. The van der Waals surface area contributed by atoms with Crippen molar-refractivity contribution >= 4 is 5.91 Å². The lowest BCUT2D eigenvalue weighted by atomic mass is 9.78. The average Bonchev–Trinajstić information content (AvgIpc) is 3.12. The summed E-state index contributed by atoms with van der Waals surface area (Å²) in [4.78, 5) is 25.0. The highest BCUT2D eigenvalue weighted by Crippen LogP contribution is 2.42. The number of hydrogen-bond donors (Lipinski definition) is 1. The van der Waals surface area contributed by atoms with Gasteiger partial charge >= 0.3 is 0 Å². The number of hydrogen-bond acceptors (Lipinski definition) is 3. The van der Waals surface area contributed by atoms with E-state index < -0.39 is 0 Å². The van der Waals surface area contributed by atoms with E-state index in [0.29, 0.717) is 6.42 Å². The highest BCUT2D eigenvalue weighted by Gasteiger charge is 2.48. The number of aromatic nitrogens is 2. The van der Waals surface area contributed by atoms with E-state index in [-0.39, 0.29) is 17.3 Å². The van der Waals surface area contributed by atoms with Crippen LogP contribution in [0.4, 0.5) is 4.39 Å². The first kappa shape index (κ1) is 18.2. The van der Waals surface area contributed by atoms with Crippen LogP contribution in [0.3, 0.4) is 0 Å². The molecule has 1 spiro atoms. The van der Waals surface area contributed by atoms with Crippen molar-refractivity contribution in [3.63, 3.8) is 0 Å². The minimum absolute atomic E-state index is 0.174. The van der Waals surface area contributed by atoms with E-state index >= 15 is 0 Å². The Morgan fingerprint density at radius 2 is 2.04 bits per heavy atom. The zero-order valence-electron chi connectivity index (χ0n) is 16.1. The quantitative estimate of drug-likeness (QED) is 0.903. The Hall–Kier alpha value is -2.21. The Kier molecular flexibility index (Phi) is 4.76. The Balaban J connectivity index is 1.54. The summed E-state index contributed by atoms with van der Waals surface area (Å²) in [5.74, 6) is 0.0319. The van der Waals surface area contributed by atoms with E-state index in [1.54, 1.807) is 18.5 Å². The number of nitrogens with one attached hydrogen (secondary N) is 1. The molecule has 1 fully saturated rings. The molecule has 0 atom stereocenters. The number of halogens is 1. The second kappa shape index (κ2) is 7.08. The van der Waals surface area contributed by atoms with Crippen LogP contribution in [0.25, 0.3) is 0 Å². The minimum Gasteiger partial charge on any atom is -0.348 e. The first-order valence-corrected chi connectivity index (χ1v) is 9.83. The van der Waals surface area contributed by atoms with Gasteiger partial charge in [-0.15, -0.1) is 0 Å². The van der Waals surface area contributed by atoms with Crippen molar-refractivity contribution in [3.05, 3.63) is 52.9 Å². The number of carbonyl (C=O) groups excluding carboxylic acids is 1. The summed E-state index contributed by atoms with van der Waals surface area (Å²) in [6.07, 6.45) is 4.85. The third-order valence-corrected chi connectivity index (χ3v) is 6.06. The van der Waals surface area contributed by atoms with Crippen molar-refractivity contribution in [2.24, 2.45) is 0 Å². The number of carbonyl (C=O) groups is 1. The van der Waals surface area contributed by atoms with Crippen LogP contribution in [0, 0.1) is 12.7 Å². The third-order valence-electron chi connectivity index (χ3n) is 6.06. The molecule has 27 heavy (non-hydrogen) atoms. The van der Waals surface area contributed by atoms with Crippen LogP contribution >= 0.6 is 0 Å². The lowest BCUT2D eigenvalue weighted by Crippen LogP contribution is -2.58. The molecule has 2 aliphatic rings. The van der Waals surface area contributed by atoms with E-state index in [9.17, 15) is 9.18 Å². The highest BCUT2D eigenvalue weighted by atomic mass is 19.1. The number of aryl methyl sites for hydroxylation is 1. The molecule has 6 heteroatoms. The van der Waals surface area contributed by atoms with Gasteiger partial charge in [0.15, 0.2) is 0 Å². The predicted octanol–water partition coefficient (Wildman–Crippen LogP) is 3.14. The molecule has 0 bridgehead atoms. The molecule has 1 aromatic carbocycles. The van der Waals surface area contributed by atoms with E-state index in [1.807, 2.05) is 19.9 Å². The smallest absolute Gasteiger partial charge is 0.223 e. The van der Waals surface area contributed by atoms with E-state index in [4.69, 9.17) is 0 Å². The molecule has 1 amide bonds. The third kappa shape index (κ3) is 3.27. The van der Waals surface area contributed by atoms with E-state index in [2.05, 4.69) is 19.8 Å². The van der Waals surface area contributed by atoms with Gasteiger partial charge in [-0.25, -0.2) is 9.37 Å². The zero-order chi connectivity index (χ0) is 19.0. The van der Waals surface area contributed by atoms with Gasteiger partial charge in [0, 0.05) is 44.7 Å². The molecule has 1 aromatic heterocycles. The van der Waals surface area contributed by atoms with Gasteiger partial charge in [0.05, 0.1) is 17.6 Å². The molecule has 1 saturated heterocycles. The number of fused-ring (bicyclic) bond motifs is 2.